The monoisotopic (exact) mass is 416 g/mol. The van der Waals surface area contributed by atoms with Crippen molar-refractivity contribution < 1.29 is 17.9 Å². The molecule has 0 fully saturated rings. The van der Waals surface area contributed by atoms with E-state index in [1.807, 2.05) is 12.1 Å². The number of nitrogens with zero attached hydrogens (tertiary/aromatic N) is 2. The van der Waals surface area contributed by atoms with Gasteiger partial charge in [0.1, 0.15) is 6.61 Å². The van der Waals surface area contributed by atoms with E-state index in [9.17, 15) is 13.2 Å². The molecule has 0 saturated heterocycles. The molecule has 0 amide bonds. The summed E-state index contributed by atoms with van der Waals surface area (Å²) in [6, 6.07) is 7.61. The molecule has 0 spiro atoms. The molecular formula is C21H35F3N4O. The van der Waals surface area contributed by atoms with E-state index < -0.39 is 12.8 Å². The average molecular weight is 417 g/mol. The molecule has 29 heavy (non-hydrogen) atoms. The largest absolute Gasteiger partial charge is 0.411 e. The highest BCUT2D eigenvalue weighted by atomic mass is 19.4. The van der Waals surface area contributed by atoms with Crippen LogP contribution in [0, 0.1) is 0 Å². The van der Waals surface area contributed by atoms with E-state index in [4.69, 9.17) is 0 Å². The third kappa shape index (κ3) is 11.7. The summed E-state index contributed by atoms with van der Waals surface area (Å²) in [4.78, 5) is 6.67. The normalized spacial score (nSPS) is 13.6. The van der Waals surface area contributed by atoms with Crippen LogP contribution >= 0.6 is 0 Å². The van der Waals surface area contributed by atoms with Crippen LogP contribution in [0.25, 0.3) is 0 Å². The number of guanidine groups is 1. The minimum atomic E-state index is -4.30. The highest BCUT2D eigenvalue weighted by Gasteiger charge is 2.27. The second-order valence-electron chi connectivity index (χ2n) is 7.06. The lowest BCUT2D eigenvalue weighted by Gasteiger charge is -2.21. The third-order valence-corrected chi connectivity index (χ3v) is 4.63. The maximum absolute atomic E-state index is 12.1. The van der Waals surface area contributed by atoms with Crippen LogP contribution in [0.2, 0.25) is 0 Å². The van der Waals surface area contributed by atoms with E-state index in [2.05, 4.69) is 46.0 Å². The van der Waals surface area contributed by atoms with Crippen LogP contribution in [0.1, 0.15) is 44.7 Å². The number of nitrogens with one attached hydrogen (secondary N) is 2. The molecular weight excluding hydrogens is 381 g/mol. The number of aliphatic imine (C=N–C) groups is 1. The second kappa shape index (κ2) is 13.4. The van der Waals surface area contributed by atoms with Crippen LogP contribution in [0.5, 0.6) is 0 Å². The zero-order chi connectivity index (χ0) is 21.7. The average Bonchev–Trinajstić information content (AvgIpc) is 2.68. The van der Waals surface area contributed by atoms with Crippen LogP contribution in [0.15, 0.2) is 29.3 Å². The maximum Gasteiger partial charge on any atom is 0.411 e. The fourth-order valence-electron chi connectivity index (χ4n) is 2.88. The van der Waals surface area contributed by atoms with Crippen molar-refractivity contribution >= 4 is 5.96 Å². The van der Waals surface area contributed by atoms with Crippen molar-refractivity contribution in [3.8, 4) is 0 Å². The summed E-state index contributed by atoms with van der Waals surface area (Å²) in [5.74, 6) is 0.734. The van der Waals surface area contributed by atoms with Gasteiger partial charge >= 0.3 is 6.18 Å². The lowest BCUT2D eigenvalue weighted by molar-refractivity contribution is -0.176. The SMILES string of the molecule is CCN(CC)CCCC(C)NC(=NC)NCc1ccc(COCC(F)(F)F)cc1. The Morgan fingerprint density at radius 2 is 1.76 bits per heavy atom. The first-order chi connectivity index (χ1) is 13.8. The third-order valence-electron chi connectivity index (χ3n) is 4.63. The first-order valence-electron chi connectivity index (χ1n) is 10.2. The molecule has 0 aliphatic carbocycles. The number of hydrogen-bond donors (Lipinski definition) is 2. The van der Waals surface area contributed by atoms with Gasteiger partial charge in [0.05, 0.1) is 6.61 Å². The second-order valence-corrected chi connectivity index (χ2v) is 7.06. The van der Waals surface area contributed by atoms with Gasteiger partial charge in [0.2, 0.25) is 0 Å². The van der Waals surface area contributed by atoms with Gasteiger partial charge in [-0.25, -0.2) is 0 Å². The topological polar surface area (TPSA) is 48.9 Å². The molecule has 166 valence electrons. The zero-order valence-corrected chi connectivity index (χ0v) is 18.0. The smallest absolute Gasteiger partial charge is 0.367 e. The Morgan fingerprint density at radius 3 is 2.31 bits per heavy atom. The van der Waals surface area contributed by atoms with E-state index in [0.29, 0.717) is 18.2 Å². The molecule has 5 nitrogen and oxygen atoms in total. The Balaban J connectivity index is 2.34. The Hall–Kier alpha value is -1.80. The van der Waals surface area contributed by atoms with Crippen LogP contribution in [0.4, 0.5) is 13.2 Å². The molecule has 0 aromatic heterocycles. The summed E-state index contributed by atoms with van der Waals surface area (Å²) in [5, 5.41) is 6.66. The Bertz CT molecular complexity index is 587. The maximum atomic E-state index is 12.1. The quantitative estimate of drug-likeness (QED) is 0.400. The van der Waals surface area contributed by atoms with Crippen molar-refractivity contribution in [2.45, 2.75) is 59.0 Å². The summed E-state index contributed by atoms with van der Waals surface area (Å²) in [7, 11) is 1.74. The Morgan fingerprint density at radius 1 is 1.14 bits per heavy atom. The van der Waals surface area contributed by atoms with E-state index in [1.165, 1.54) is 0 Å². The minimum Gasteiger partial charge on any atom is -0.367 e. The van der Waals surface area contributed by atoms with E-state index in [1.54, 1.807) is 19.2 Å². The molecule has 1 aromatic rings. The molecule has 1 unspecified atom stereocenters. The fourth-order valence-corrected chi connectivity index (χ4v) is 2.88. The van der Waals surface area contributed by atoms with Crippen molar-refractivity contribution in [3.63, 3.8) is 0 Å². The Labute approximate surface area is 172 Å². The first kappa shape index (κ1) is 25.2. The van der Waals surface area contributed by atoms with Gasteiger partial charge in [-0.3, -0.25) is 4.99 Å². The number of ether oxygens (including phenoxy) is 1. The van der Waals surface area contributed by atoms with Crippen LogP contribution < -0.4 is 10.6 Å². The molecule has 8 heteroatoms. The van der Waals surface area contributed by atoms with Gasteiger partial charge in [-0.05, 0) is 50.5 Å². The van der Waals surface area contributed by atoms with Gasteiger partial charge < -0.3 is 20.3 Å². The van der Waals surface area contributed by atoms with Gasteiger partial charge in [0.25, 0.3) is 0 Å². The predicted octanol–water partition coefficient (Wildman–Crippen LogP) is 3.94. The van der Waals surface area contributed by atoms with Gasteiger partial charge in [0, 0.05) is 19.6 Å². The summed E-state index contributed by atoms with van der Waals surface area (Å²) >= 11 is 0. The standard InChI is InChI=1S/C21H35F3N4O/c1-5-28(6-2)13-7-8-17(3)27-20(25-4)26-14-18-9-11-19(12-10-18)15-29-16-21(22,23)24/h9-12,17H,5-8,13-16H2,1-4H3,(H2,25,26,27). The number of benzene rings is 1. The van der Waals surface area contributed by atoms with E-state index in [0.717, 1.165) is 44.0 Å². The molecule has 1 rings (SSSR count). The van der Waals surface area contributed by atoms with E-state index in [-0.39, 0.29) is 6.61 Å². The lowest BCUT2D eigenvalue weighted by Crippen LogP contribution is -2.42. The number of halogens is 3. The molecule has 0 heterocycles. The summed E-state index contributed by atoms with van der Waals surface area (Å²) in [5.41, 5.74) is 1.73. The molecule has 1 aromatic carbocycles. The van der Waals surface area contributed by atoms with Crippen molar-refractivity contribution in [3.05, 3.63) is 35.4 Å². The Kier molecular flexibility index (Phi) is 11.7. The van der Waals surface area contributed by atoms with E-state index >= 15 is 0 Å². The molecule has 0 saturated carbocycles. The highest BCUT2D eigenvalue weighted by Crippen LogP contribution is 2.15. The molecule has 1 atom stereocenters. The number of hydrogen-bond acceptors (Lipinski definition) is 3. The zero-order valence-electron chi connectivity index (χ0n) is 18.0. The first-order valence-corrected chi connectivity index (χ1v) is 10.2. The molecule has 0 aliphatic heterocycles. The fraction of sp³-hybridized carbons (Fsp3) is 0.667. The van der Waals surface area contributed by atoms with Crippen molar-refractivity contribution in [2.75, 3.05) is 33.3 Å². The van der Waals surface area contributed by atoms with Crippen LogP contribution in [-0.4, -0.2) is 56.4 Å². The molecule has 0 radical (unpaired) electrons. The predicted molar refractivity (Wildman–Crippen MR) is 112 cm³/mol. The lowest BCUT2D eigenvalue weighted by atomic mass is 10.1. The van der Waals surface area contributed by atoms with Crippen molar-refractivity contribution in [1.82, 2.24) is 15.5 Å². The highest BCUT2D eigenvalue weighted by molar-refractivity contribution is 5.79. The number of rotatable bonds is 12. The van der Waals surface area contributed by atoms with Crippen LogP contribution in [-0.2, 0) is 17.9 Å². The molecule has 0 aliphatic rings. The van der Waals surface area contributed by atoms with Gasteiger partial charge in [-0.1, -0.05) is 38.1 Å². The van der Waals surface area contributed by atoms with Gasteiger partial charge in [0.15, 0.2) is 5.96 Å². The summed E-state index contributed by atoms with van der Waals surface area (Å²) in [6.45, 7) is 9.05. The van der Waals surface area contributed by atoms with Gasteiger partial charge in [-0.15, -0.1) is 0 Å². The van der Waals surface area contributed by atoms with Crippen molar-refractivity contribution in [1.29, 1.82) is 0 Å². The summed E-state index contributed by atoms with van der Waals surface area (Å²) in [6.07, 6.45) is -2.11. The van der Waals surface area contributed by atoms with Gasteiger partial charge in [-0.2, -0.15) is 13.2 Å². The van der Waals surface area contributed by atoms with Crippen LogP contribution in [0.3, 0.4) is 0 Å². The minimum absolute atomic E-state index is 0.0541. The number of alkyl halides is 3. The van der Waals surface area contributed by atoms with Crippen molar-refractivity contribution in [2.24, 2.45) is 4.99 Å². The molecule has 0 bridgehead atoms. The summed E-state index contributed by atoms with van der Waals surface area (Å²) < 4.78 is 41.0. The molecule has 2 N–H and O–H groups in total.